The van der Waals surface area contributed by atoms with Crippen molar-refractivity contribution in [3.05, 3.63) is 27.7 Å². The Hall–Kier alpha value is -1.56. The second-order valence-corrected chi connectivity index (χ2v) is 3.06. The van der Waals surface area contributed by atoms with Crippen LogP contribution in [0.3, 0.4) is 0 Å². The molecular formula is C10H12N2O. The Balaban J connectivity index is 3.39. The molecular weight excluding hydrogens is 164 g/mol. The zero-order chi connectivity index (χ0) is 10.0. The molecule has 13 heavy (non-hydrogen) atoms. The van der Waals surface area contributed by atoms with Crippen molar-refractivity contribution in [3.63, 3.8) is 0 Å². The first-order chi connectivity index (χ1) is 6.06. The van der Waals surface area contributed by atoms with Gasteiger partial charge in [-0.2, -0.15) is 5.10 Å². The van der Waals surface area contributed by atoms with Crippen molar-refractivity contribution in [1.29, 1.82) is 0 Å². The van der Waals surface area contributed by atoms with Crippen molar-refractivity contribution in [2.24, 2.45) is 7.05 Å². The molecule has 0 spiro atoms. The van der Waals surface area contributed by atoms with Crippen LogP contribution in [-0.2, 0) is 7.05 Å². The molecule has 3 nitrogen and oxygen atoms in total. The summed E-state index contributed by atoms with van der Waals surface area (Å²) in [6, 6.07) is 1.74. The highest BCUT2D eigenvalue weighted by Crippen LogP contribution is 2.08. The van der Waals surface area contributed by atoms with E-state index in [2.05, 4.69) is 11.0 Å². The zero-order valence-corrected chi connectivity index (χ0v) is 8.03. The van der Waals surface area contributed by atoms with Crippen LogP contribution in [0.1, 0.15) is 24.1 Å². The molecule has 0 saturated heterocycles. The van der Waals surface area contributed by atoms with Gasteiger partial charge in [0.05, 0.1) is 5.69 Å². The summed E-state index contributed by atoms with van der Waals surface area (Å²) in [5.41, 5.74) is 1.33. The Morgan fingerprint density at radius 2 is 2.31 bits per heavy atom. The van der Waals surface area contributed by atoms with Crippen LogP contribution in [-0.4, -0.2) is 9.78 Å². The molecule has 0 radical (unpaired) electrons. The molecule has 3 heteroatoms. The van der Waals surface area contributed by atoms with Crippen molar-refractivity contribution >= 4 is 0 Å². The number of hydrogen-bond acceptors (Lipinski definition) is 2. The average Bonchev–Trinajstić information content (AvgIpc) is 2.10. The molecule has 0 aliphatic rings. The Morgan fingerprint density at radius 3 is 2.85 bits per heavy atom. The van der Waals surface area contributed by atoms with Gasteiger partial charge in [0.1, 0.15) is 0 Å². The van der Waals surface area contributed by atoms with Crippen LogP contribution in [0.4, 0.5) is 0 Å². The van der Waals surface area contributed by atoms with E-state index in [1.54, 1.807) is 13.1 Å². The lowest BCUT2D eigenvalue weighted by Gasteiger charge is -2.06. The predicted molar refractivity (Wildman–Crippen MR) is 51.5 cm³/mol. The Kier molecular flexibility index (Phi) is 2.52. The number of nitrogens with zero attached hydrogens (tertiary/aromatic N) is 2. The maximum atomic E-state index is 11.5. The quantitative estimate of drug-likeness (QED) is 0.594. The topological polar surface area (TPSA) is 34.9 Å². The molecule has 0 N–H and O–H groups in total. The molecule has 1 atom stereocenters. The summed E-state index contributed by atoms with van der Waals surface area (Å²) in [7, 11) is 1.63. The molecule has 1 rings (SSSR count). The summed E-state index contributed by atoms with van der Waals surface area (Å²) in [4.78, 5) is 11.5. The largest absolute Gasteiger partial charge is 0.270 e. The predicted octanol–water partition coefficient (Wildman–Crippen LogP) is 0.825. The van der Waals surface area contributed by atoms with Crippen LogP contribution in [0.15, 0.2) is 10.9 Å². The minimum Gasteiger partial charge on any atom is -0.267 e. The molecule has 1 aromatic rings. The van der Waals surface area contributed by atoms with Gasteiger partial charge in [0.25, 0.3) is 5.56 Å². The Bertz CT molecular complexity index is 412. The summed E-state index contributed by atoms with van der Waals surface area (Å²) in [6.45, 7) is 3.67. The standard InChI is InChI=1S/C10H12N2O/c1-5-7(2)9-6-8(3)11-12(4)10(9)13/h1,6-7H,2-4H3. The Morgan fingerprint density at radius 1 is 1.69 bits per heavy atom. The second kappa shape index (κ2) is 3.44. The van der Waals surface area contributed by atoms with E-state index in [0.29, 0.717) is 5.56 Å². The van der Waals surface area contributed by atoms with E-state index < -0.39 is 0 Å². The van der Waals surface area contributed by atoms with Gasteiger partial charge in [-0.05, 0) is 19.9 Å². The van der Waals surface area contributed by atoms with E-state index in [-0.39, 0.29) is 11.5 Å². The van der Waals surface area contributed by atoms with E-state index in [1.165, 1.54) is 4.68 Å². The average molecular weight is 176 g/mol. The number of hydrogen-bond donors (Lipinski definition) is 0. The van der Waals surface area contributed by atoms with Crippen molar-refractivity contribution in [3.8, 4) is 12.3 Å². The lowest BCUT2D eigenvalue weighted by atomic mass is 10.0. The first-order valence-electron chi connectivity index (χ1n) is 4.07. The first-order valence-corrected chi connectivity index (χ1v) is 4.07. The third kappa shape index (κ3) is 1.78. The normalized spacial score (nSPS) is 12.2. The van der Waals surface area contributed by atoms with Crippen molar-refractivity contribution in [1.82, 2.24) is 9.78 Å². The highest BCUT2D eigenvalue weighted by atomic mass is 16.1. The van der Waals surface area contributed by atoms with Crippen LogP contribution in [0.5, 0.6) is 0 Å². The fraction of sp³-hybridized carbons (Fsp3) is 0.400. The summed E-state index contributed by atoms with van der Waals surface area (Å²) in [6.07, 6.45) is 5.25. The van der Waals surface area contributed by atoms with Gasteiger partial charge < -0.3 is 0 Å². The highest BCUT2D eigenvalue weighted by Gasteiger charge is 2.09. The van der Waals surface area contributed by atoms with E-state index >= 15 is 0 Å². The number of aryl methyl sites for hydroxylation is 2. The summed E-state index contributed by atoms with van der Waals surface area (Å²) < 4.78 is 1.32. The SMILES string of the molecule is C#CC(C)c1cc(C)nn(C)c1=O. The van der Waals surface area contributed by atoms with E-state index in [4.69, 9.17) is 6.42 Å². The van der Waals surface area contributed by atoms with Crippen molar-refractivity contribution < 1.29 is 0 Å². The summed E-state index contributed by atoms with van der Waals surface area (Å²) >= 11 is 0. The molecule has 1 heterocycles. The third-order valence-electron chi connectivity index (χ3n) is 1.93. The smallest absolute Gasteiger partial charge is 0.267 e. The molecule has 1 aromatic heterocycles. The van der Waals surface area contributed by atoms with Gasteiger partial charge in [0.2, 0.25) is 0 Å². The number of aromatic nitrogens is 2. The molecule has 0 aliphatic heterocycles. The zero-order valence-electron chi connectivity index (χ0n) is 8.03. The van der Waals surface area contributed by atoms with E-state index in [9.17, 15) is 4.79 Å². The number of rotatable bonds is 1. The molecule has 0 amide bonds. The third-order valence-corrected chi connectivity index (χ3v) is 1.93. The summed E-state index contributed by atoms with van der Waals surface area (Å²) in [5, 5.41) is 3.99. The van der Waals surface area contributed by atoms with Gasteiger partial charge in [-0.15, -0.1) is 6.42 Å². The van der Waals surface area contributed by atoms with Gasteiger partial charge >= 0.3 is 0 Å². The van der Waals surface area contributed by atoms with Gasteiger partial charge in [-0.3, -0.25) is 4.79 Å². The maximum Gasteiger partial charge on any atom is 0.270 e. The van der Waals surface area contributed by atoms with Gasteiger partial charge in [-0.25, -0.2) is 4.68 Å². The summed E-state index contributed by atoms with van der Waals surface area (Å²) in [5.74, 6) is 2.38. The van der Waals surface area contributed by atoms with Gasteiger partial charge in [-0.1, -0.05) is 5.92 Å². The second-order valence-electron chi connectivity index (χ2n) is 3.06. The first kappa shape index (κ1) is 9.53. The van der Waals surface area contributed by atoms with Crippen LogP contribution in [0.2, 0.25) is 0 Å². The molecule has 0 bridgehead atoms. The van der Waals surface area contributed by atoms with Gasteiger partial charge in [0.15, 0.2) is 0 Å². The molecule has 0 saturated carbocycles. The molecule has 68 valence electrons. The van der Waals surface area contributed by atoms with Crippen LogP contribution in [0.25, 0.3) is 0 Å². The van der Waals surface area contributed by atoms with E-state index in [0.717, 1.165) is 5.69 Å². The van der Waals surface area contributed by atoms with E-state index in [1.807, 2.05) is 13.8 Å². The minimum atomic E-state index is -0.152. The lowest BCUT2D eigenvalue weighted by molar-refractivity contribution is 0.675. The minimum absolute atomic E-state index is 0.115. The number of terminal acetylenes is 1. The highest BCUT2D eigenvalue weighted by molar-refractivity contribution is 5.23. The fourth-order valence-corrected chi connectivity index (χ4v) is 1.18. The van der Waals surface area contributed by atoms with Crippen LogP contribution < -0.4 is 5.56 Å². The van der Waals surface area contributed by atoms with Crippen molar-refractivity contribution in [2.75, 3.05) is 0 Å². The molecule has 0 aromatic carbocycles. The Labute approximate surface area is 77.4 Å². The maximum absolute atomic E-state index is 11.5. The monoisotopic (exact) mass is 176 g/mol. The van der Waals surface area contributed by atoms with Crippen LogP contribution in [0, 0.1) is 19.3 Å². The van der Waals surface area contributed by atoms with Gasteiger partial charge in [0, 0.05) is 18.5 Å². The van der Waals surface area contributed by atoms with Crippen LogP contribution >= 0.6 is 0 Å². The van der Waals surface area contributed by atoms with Crippen molar-refractivity contribution in [2.45, 2.75) is 19.8 Å². The lowest BCUT2D eigenvalue weighted by Crippen LogP contribution is -2.25. The molecule has 0 fully saturated rings. The molecule has 1 unspecified atom stereocenters. The molecule has 0 aliphatic carbocycles. The fourth-order valence-electron chi connectivity index (χ4n) is 1.18.